The summed E-state index contributed by atoms with van der Waals surface area (Å²) in [6, 6.07) is 9.30. The third kappa shape index (κ3) is 6.19. The number of benzene rings is 2. The van der Waals surface area contributed by atoms with E-state index in [0.717, 1.165) is 5.56 Å². The maximum Gasteiger partial charge on any atom is 0.280 e. The summed E-state index contributed by atoms with van der Waals surface area (Å²) < 4.78 is 39.0. The van der Waals surface area contributed by atoms with E-state index in [1.807, 2.05) is 13.0 Å². The lowest BCUT2D eigenvalue weighted by atomic mass is 10.1. The van der Waals surface area contributed by atoms with E-state index in [2.05, 4.69) is 27.1 Å². The monoisotopic (exact) mass is 559 g/mol. The zero-order valence-corrected chi connectivity index (χ0v) is 23.4. The van der Waals surface area contributed by atoms with Gasteiger partial charge in [-0.3, -0.25) is 14.8 Å². The van der Waals surface area contributed by atoms with Gasteiger partial charge in [-0.1, -0.05) is 0 Å². The maximum atomic E-state index is 15.2. The second-order valence-electron chi connectivity index (χ2n) is 8.61. The van der Waals surface area contributed by atoms with Crippen LogP contribution in [-0.4, -0.2) is 48.2 Å². The van der Waals surface area contributed by atoms with Crippen LogP contribution >= 0.6 is 0 Å². The minimum atomic E-state index is -0.707. The molecule has 4 rings (SSSR count). The van der Waals surface area contributed by atoms with E-state index < -0.39 is 11.7 Å². The first kappa shape index (κ1) is 28.8. The number of carbonyl (C=O) groups excluding carboxylic acids is 1. The van der Waals surface area contributed by atoms with E-state index in [0.29, 0.717) is 40.8 Å². The highest BCUT2D eigenvalue weighted by molar-refractivity contribution is 6.04. The molecule has 0 unspecified atom stereocenters. The summed E-state index contributed by atoms with van der Waals surface area (Å²) in [5, 5.41) is 6.95. The molecule has 0 aliphatic heterocycles. The van der Waals surface area contributed by atoms with Crippen LogP contribution in [0.4, 0.5) is 15.8 Å². The Labute approximate surface area is 237 Å². The lowest BCUT2D eigenvalue weighted by molar-refractivity contribution is 0.101. The van der Waals surface area contributed by atoms with Crippen LogP contribution in [0, 0.1) is 12.7 Å². The van der Waals surface area contributed by atoms with Gasteiger partial charge in [0.25, 0.3) is 5.91 Å². The largest absolute Gasteiger partial charge is 0.493 e. The standard InChI is InChI=1S/C30H30FN5O5/c1-7-25(20-14-26(38-5)27(39-6)15-23(20)32-4)41-19-9-10-22(21(31)13-19)34-30(37)29-28(40-8-2)17-36(35-29)24-16-33-12-11-18(24)3/h7,9-17H,4,8H2,1-3,5-6H3,(H,34,37)/b25-7+. The lowest BCUT2D eigenvalue weighted by Crippen LogP contribution is -2.15. The third-order valence-corrected chi connectivity index (χ3v) is 6.07. The van der Waals surface area contributed by atoms with E-state index in [4.69, 9.17) is 18.9 Å². The average molecular weight is 560 g/mol. The molecule has 0 saturated heterocycles. The molecule has 0 aliphatic rings. The lowest BCUT2D eigenvalue weighted by Gasteiger charge is -2.16. The Bertz CT molecular complexity index is 1620. The second kappa shape index (κ2) is 12.8. The summed E-state index contributed by atoms with van der Waals surface area (Å²) in [5.41, 5.74) is 2.60. The molecular formula is C30H30FN5O5. The molecule has 0 bridgehead atoms. The van der Waals surface area contributed by atoms with Crippen LogP contribution in [0.5, 0.6) is 23.0 Å². The number of hydrogen-bond donors (Lipinski definition) is 1. The fourth-order valence-electron chi connectivity index (χ4n) is 4.03. The van der Waals surface area contributed by atoms with Gasteiger partial charge in [-0.2, -0.15) is 5.10 Å². The van der Waals surface area contributed by atoms with E-state index in [-0.39, 0.29) is 22.9 Å². The van der Waals surface area contributed by atoms with Crippen LogP contribution in [0.1, 0.15) is 35.5 Å². The van der Waals surface area contributed by atoms with Crippen molar-refractivity contribution in [3.8, 4) is 28.7 Å². The molecule has 0 aliphatic carbocycles. The fourth-order valence-corrected chi connectivity index (χ4v) is 4.03. The first-order valence-electron chi connectivity index (χ1n) is 12.6. The molecule has 2 aromatic heterocycles. The van der Waals surface area contributed by atoms with Gasteiger partial charge >= 0.3 is 0 Å². The molecule has 2 aromatic carbocycles. The number of rotatable bonds is 11. The van der Waals surface area contributed by atoms with Crippen LogP contribution in [0.25, 0.3) is 11.4 Å². The normalized spacial score (nSPS) is 11.1. The Kier molecular flexibility index (Phi) is 8.98. The summed E-state index contributed by atoms with van der Waals surface area (Å²) in [4.78, 5) is 21.3. The average Bonchev–Trinajstić information content (AvgIpc) is 3.40. The predicted octanol–water partition coefficient (Wildman–Crippen LogP) is 6.15. The Balaban J connectivity index is 1.57. The Morgan fingerprint density at radius 1 is 1.15 bits per heavy atom. The van der Waals surface area contributed by atoms with Crippen molar-refractivity contribution in [2.24, 2.45) is 4.99 Å². The number of nitrogens with zero attached hydrogens (tertiary/aromatic N) is 4. The number of amides is 1. The van der Waals surface area contributed by atoms with E-state index >= 15 is 4.39 Å². The molecule has 41 heavy (non-hydrogen) atoms. The SMILES string of the molecule is C=Nc1cc(OC)c(OC)cc1/C(=C\C)Oc1ccc(NC(=O)c2nn(-c3cnccc3C)cc2OCC)c(F)c1. The molecule has 1 amide bonds. The molecule has 10 nitrogen and oxygen atoms in total. The molecule has 4 aromatic rings. The number of carbonyl (C=O) groups is 1. The minimum absolute atomic E-state index is 0.00365. The molecule has 0 fully saturated rings. The number of nitrogens with one attached hydrogen (secondary N) is 1. The highest BCUT2D eigenvalue weighted by Crippen LogP contribution is 2.39. The first-order chi connectivity index (χ1) is 19.8. The van der Waals surface area contributed by atoms with Gasteiger partial charge in [0.05, 0.1) is 50.3 Å². The van der Waals surface area contributed by atoms with E-state index in [1.165, 1.54) is 37.1 Å². The van der Waals surface area contributed by atoms with E-state index in [1.54, 1.807) is 50.6 Å². The zero-order valence-electron chi connectivity index (χ0n) is 23.4. The topological polar surface area (TPSA) is 109 Å². The van der Waals surface area contributed by atoms with Gasteiger partial charge in [-0.25, -0.2) is 9.07 Å². The van der Waals surface area contributed by atoms with E-state index in [9.17, 15) is 4.79 Å². The predicted molar refractivity (Wildman–Crippen MR) is 155 cm³/mol. The third-order valence-electron chi connectivity index (χ3n) is 6.07. The maximum absolute atomic E-state index is 15.2. The number of ether oxygens (including phenoxy) is 4. The van der Waals surface area contributed by atoms with Gasteiger partial charge in [0.1, 0.15) is 17.3 Å². The van der Waals surface area contributed by atoms with Crippen molar-refractivity contribution in [3.63, 3.8) is 0 Å². The Hall–Kier alpha value is -5.19. The highest BCUT2D eigenvalue weighted by Gasteiger charge is 2.21. The van der Waals surface area contributed by atoms with Crippen molar-refractivity contribution in [2.45, 2.75) is 20.8 Å². The summed E-state index contributed by atoms with van der Waals surface area (Å²) in [6.07, 6.45) is 6.60. The Morgan fingerprint density at radius 3 is 2.54 bits per heavy atom. The number of pyridine rings is 1. The van der Waals surface area contributed by atoms with Gasteiger partial charge in [0, 0.05) is 23.9 Å². The van der Waals surface area contributed by atoms with Gasteiger partial charge in [-0.15, -0.1) is 0 Å². The molecule has 212 valence electrons. The quantitative estimate of drug-likeness (QED) is 0.173. The summed E-state index contributed by atoms with van der Waals surface area (Å²) in [5.74, 6) is 0.450. The van der Waals surface area contributed by atoms with Gasteiger partial charge < -0.3 is 24.3 Å². The smallest absolute Gasteiger partial charge is 0.280 e. The second-order valence-corrected chi connectivity index (χ2v) is 8.61. The van der Waals surface area contributed by atoms with Crippen LogP contribution in [0.2, 0.25) is 0 Å². The fraction of sp³-hybridized carbons (Fsp3) is 0.200. The molecule has 0 atom stereocenters. The molecule has 0 radical (unpaired) electrons. The first-order valence-corrected chi connectivity index (χ1v) is 12.6. The van der Waals surface area contributed by atoms with Crippen molar-refractivity contribution in [1.29, 1.82) is 0 Å². The van der Waals surface area contributed by atoms with Crippen LogP contribution < -0.4 is 24.3 Å². The number of hydrogen-bond acceptors (Lipinski definition) is 8. The Morgan fingerprint density at radius 2 is 1.90 bits per heavy atom. The van der Waals surface area contributed by atoms with Crippen molar-refractivity contribution >= 4 is 29.8 Å². The molecule has 1 N–H and O–H groups in total. The number of aryl methyl sites for hydroxylation is 1. The molecule has 2 heterocycles. The highest BCUT2D eigenvalue weighted by atomic mass is 19.1. The number of halogens is 1. The zero-order chi connectivity index (χ0) is 29.5. The number of methoxy groups -OCH3 is 2. The number of aromatic nitrogens is 3. The van der Waals surface area contributed by atoms with Gasteiger partial charge in [0.15, 0.2) is 22.9 Å². The summed E-state index contributed by atoms with van der Waals surface area (Å²) in [7, 11) is 3.04. The molecule has 0 saturated carbocycles. The van der Waals surface area contributed by atoms with Crippen molar-refractivity contribution in [3.05, 3.63) is 83.7 Å². The van der Waals surface area contributed by atoms with Crippen LogP contribution in [0.3, 0.4) is 0 Å². The molecule has 0 spiro atoms. The number of allylic oxidation sites excluding steroid dienone is 1. The summed E-state index contributed by atoms with van der Waals surface area (Å²) >= 11 is 0. The number of aliphatic imine (C=N–C) groups is 1. The molecular weight excluding hydrogens is 529 g/mol. The summed E-state index contributed by atoms with van der Waals surface area (Å²) in [6.45, 7) is 9.39. The molecule has 11 heteroatoms. The van der Waals surface area contributed by atoms with Crippen molar-refractivity contribution < 1.29 is 28.1 Å². The number of anilines is 1. The van der Waals surface area contributed by atoms with Crippen LogP contribution in [0.15, 0.2) is 66.1 Å². The van der Waals surface area contributed by atoms with Crippen LogP contribution in [-0.2, 0) is 0 Å². The van der Waals surface area contributed by atoms with Crippen molar-refractivity contribution in [2.75, 3.05) is 26.1 Å². The van der Waals surface area contributed by atoms with Gasteiger partial charge in [0.2, 0.25) is 0 Å². The van der Waals surface area contributed by atoms with Crippen molar-refractivity contribution in [1.82, 2.24) is 14.8 Å². The minimum Gasteiger partial charge on any atom is -0.493 e. The van der Waals surface area contributed by atoms with Gasteiger partial charge in [-0.05, 0) is 63.4 Å².